The maximum atomic E-state index is 3.47. The van der Waals surface area contributed by atoms with Crippen molar-refractivity contribution in [3.63, 3.8) is 0 Å². The lowest BCUT2D eigenvalue weighted by Gasteiger charge is -2.30. The summed E-state index contributed by atoms with van der Waals surface area (Å²) < 4.78 is 1.13. The topological polar surface area (TPSA) is 15.3 Å². The Kier molecular flexibility index (Phi) is 4.86. The Morgan fingerprint density at radius 1 is 1.24 bits per heavy atom. The molecule has 1 aliphatic heterocycles. The summed E-state index contributed by atoms with van der Waals surface area (Å²) in [6, 6.07) is 8.38. The minimum Gasteiger partial charge on any atom is -0.384 e. The lowest BCUT2D eigenvalue weighted by molar-refractivity contribution is 0.199. The summed E-state index contributed by atoms with van der Waals surface area (Å²) in [7, 11) is 0. The molecule has 0 amide bonds. The van der Waals surface area contributed by atoms with Crippen LogP contribution in [-0.2, 0) is 0 Å². The van der Waals surface area contributed by atoms with E-state index < -0.39 is 0 Å². The first-order chi connectivity index (χ1) is 8.24. The fourth-order valence-corrected chi connectivity index (χ4v) is 2.48. The zero-order valence-electron chi connectivity index (χ0n) is 10.5. The van der Waals surface area contributed by atoms with Crippen molar-refractivity contribution in [2.24, 2.45) is 5.92 Å². The average molecular weight is 297 g/mol. The van der Waals surface area contributed by atoms with E-state index in [1.165, 1.54) is 31.6 Å². The van der Waals surface area contributed by atoms with E-state index in [-0.39, 0.29) is 0 Å². The molecule has 0 radical (unpaired) electrons. The third-order valence-electron chi connectivity index (χ3n) is 3.48. The molecule has 1 saturated heterocycles. The number of anilines is 1. The van der Waals surface area contributed by atoms with Crippen molar-refractivity contribution in [2.75, 3.05) is 31.5 Å². The van der Waals surface area contributed by atoms with Gasteiger partial charge in [0.05, 0.1) is 0 Å². The summed E-state index contributed by atoms with van der Waals surface area (Å²) in [6.45, 7) is 7.09. The van der Waals surface area contributed by atoms with Crippen molar-refractivity contribution >= 4 is 21.6 Å². The number of benzene rings is 1. The Morgan fingerprint density at radius 3 is 2.53 bits per heavy atom. The molecule has 0 saturated carbocycles. The highest BCUT2D eigenvalue weighted by Gasteiger charge is 2.14. The fraction of sp³-hybridized carbons (Fsp3) is 0.571. The Balaban J connectivity index is 1.67. The van der Waals surface area contributed by atoms with Crippen LogP contribution in [0, 0.1) is 5.92 Å². The molecule has 0 aliphatic carbocycles. The van der Waals surface area contributed by atoms with Gasteiger partial charge in [0.25, 0.3) is 0 Å². The van der Waals surface area contributed by atoms with Crippen molar-refractivity contribution in [1.82, 2.24) is 4.90 Å². The number of hydrogen-bond donors (Lipinski definition) is 1. The van der Waals surface area contributed by atoms with E-state index in [1.54, 1.807) is 0 Å². The van der Waals surface area contributed by atoms with Crippen LogP contribution in [0.5, 0.6) is 0 Å². The van der Waals surface area contributed by atoms with E-state index in [0.717, 1.165) is 23.5 Å². The Bertz CT molecular complexity index is 329. The SMILES string of the molecule is CC1CCN(CCNc2ccc(Br)cc2)CC1. The van der Waals surface area contributed by atoms with Crippen molar-refractivity contribution in [1.29, 1.82) is 0 Å². The summed E-state index contributed by atoms with van der Waals surface area (Å²) in [5.41, 5.74) is 1.21. The van der Waals surface area contributed by atoms with Gasteiger partial charge in [-0.05, 0) is 56.1 Å². The third-order valence-corrected chi connectivity index (χ3v) is 4.01. The first kappa shape index (κ1) is 12.9. The average Bonchev–Trinajstić information content (AvgIpc) is 2.34. The second-order valence-corrected chi connectivity index (χ2v) is 5.87. The molecule has 0 aromatic heterocycles. The highest BCUT2D eigenvalue weighted by Crippen LogP contribution is 2.16. The van der Waals surface area contributed by atoms with Crippen LogP contribution in [0.25, 0.3) is 0 Å². The van der Waals surface area contributed by atoms with E-state index in [9.17, 15) is 0 Å². The van der Waals surface area contributed by atoms with Gasteiger partial charge < -0.3 is 10.2 Å². The first-order valence-corrected chi connectivity index (χ1v) is 7.25. The lowest BCUT2D eigenvalue weighted by atomic mass is 9.99. The molecule has 1 heterocycles. The Morgan fingerprint density at radius 2 is 1.88 bits per heavy atom. The van der Waals surface area contributed by atoms with Gasteiger partial charge in [0.2, 0.25) is 0 Å². The summed E-state index contributed by atoms with van der Waals surface area (Å²) in [4.78, 5) is 2.56. The monoisotopic (exact) mass is 296 g/mol. The number of nitrogens with zero attached hydrogens (tertiary/aromatic N) is 1. The molecule has 17 heavy (non-hydrogen) atoms. The number of nitrogens with one attached hydrogen (secondary N) is 1. The minimum atomic E-state index is 0.922. The molecular formula is C14H21BrN2. The molecule has 0 spiro atoms. The number of halogens is 1. The Labute approximate surface area is 113 Å². The van der Waals surface area contributed by atoms with Gasteiger partial charge in [0.1, 0.15) is 0 Å². The van der Waals surface area contributed by atoms with E-state index >= 15 is 0 Å². The highest BCUT2D eigenvalue weighted by molar-refractivity contribution is 9.10. The molecule has 94 valence electrons. The first-order valence-electron chi connectivity index (χ1n) is 6.46. The van der Waals surface area contributed by atoms with Crippen molar-refractivity contribution < 1.29 is 0 Å². The second kappa shape index (κ2) is 6.41. The molecule has 0 unspecified atom stereocenters. The van der Waals surface area contributed by atoms with Gasteiger partial charge in [-0.1, -0.05) is 22.9 Å². The van der Waals surface area contributed by atoms with Gasteiger partial charge in [-0.3, -0.25) is 0 Å². The highest BCUT2D eigenvalue weighted by atomic mass is 79.9. The molecule has 0 atom stereocenters. The smallest absolute Gasteiger partial charge is 0.0341 e. The van der Waals surface area contributed by atoms with Gasteiger partial charge in [-0.15, -0.1) is 0 Å². The van der Waals surface area contributed by atoms with E-state index in [1.807, 2.05) is 0 Å². The van der Waals surface area contributed by atoms with Crippen LogP contribution in [0.2, 0.25) is 0 Å². The normalized spacial score (nSPS) is 18.2. The predicted molar refractivity (Wildman–Crippen MR) is 77.5 cm³/mol. The van der Waals surface area contributed by atoms with Gasteiger partial charge in [0, 0.05) is 23.2 Å². The summed E-state index contributed by atoms with van der Waals surface area (Å²) in [5.74, 6) is 0.922. The van der Waals surface area contributed by atoms with Crippen molar-refractivity contribution in [2.45, 2.75) is 19.8 Å². The maximum Gasteiger partial charge on any atom is 0.0341 e. The van der Waals surface area contributed by atoms with Crippen molar-refractivity contribution in [3.8, 4) is 0 Å². The zero-order chi connectivity index (χ0) is 12.1. The molecular weight excluding hydrogens is 276 g/mol. The summed E-state index contributed by atoms with van der Waals surface area (Å²) >= 11 is 3.45. The van der Waals surface area contributed by atoms with Gasteiger partial charge in [-0.25, -0.2) is 0 Å². The fourth-order valence-electron chi connectivity index (χ4n) is 2.21. The van der Waals surface area contributed by atoms with E-state index in [4.69, 9.17) is 0 Å². The van der Waals surface area contributed by atoms with Crippen molar-refractivity contribution in [3.05, 3.63) is 28.7 Å². The van der Waals surface area contributed by atoms with Gasteiger partial charge in [0.15, 0.2) is 0 Å². The van der Waals surface area contributed by atoms with E-state index in [2.05, 4.69) is 57.3 Å². The van der Waals surface area contributed by atoms with Gasteiger partial charge >= 0.3 is 0 Å². The predicted octanol–water partition coefficient (Wildman–Crippen LogP) is 3.59. The molecule has 2 nitrogen and oxygen atoms in total. The number of hydrogen-bond acceptors (Lipinski definition) is 2. The number of rotatable bonds is 4. The van der Waals surface area contributed by atoms with E-state index in [0.29, 0.717) is 0 Å². The molecule has 2 rings (SSSR count). The van der Waals surface area contributed by atoms with Crippen LogP contribution >= 0.6 is 15.9 Å². The standard InChI is InChI=1S/C14H21BrN2/c1-12-6-9-17(10-7-12)11-8-16-14-4-2-13(15)3-5-14/h2-5,12,16H,6-11H2,1H3. The molecule has 3 heteroatoms. The van der Waals surface area contributed by atoms with Crippen LogP contribution in [0.3, 0.4) is 0 Å². The van der Waals surface area contributed by atoms with Crippen LogP contribution in [0.1, 0.15) is 19.8 Å². The molecule has 1 N–H and O–H groups in total. The largest absolute Gasteiger partial charge is 0.384 e. The van der Waals surface area contributed by atoms with Crippen LogP contribution < -0.4 is 5.32 Å². The molecule has 1 aromatic carbocycles. The third kappa shape index (κ3) is 4.32. The summed E-state index contributed by atoms with van der Waals surface area (Å²) in [6.07, 6.45) is 2.72. The molecule has 0 bridgehead atoms. The molecule has 1 aliphatic rings. The van der Waals surface area contributed by atoms with Crippen LogP contribution in [0.15, 0.2) is 28.7 Å². The maximum absolute atomic E-state index is 3.47. The zero-order valence-corrected chi connectivity index (χ0v) is 12.0. The second-order valence-electron chi connectivity index (χ2n) is 4.96. The Hall–Kier alpha value is -0.540. The summed E-state index contributed by atoms with van der Waals surface area (Å²) in [5, 5.41) is 3.47. The number of likely N-dealkylation sites (tertiary alicyclic amines) is 1. The van der Waals surface area contributed by atoms with Crippen LogP contribution in [-0.4, -0.2) is 31.1 Å². The lowest BCUT2D eigenvalue weighted by Crippen LogP contribution is -2.36. The number of piperidine rings is 1. The molecule has 1 aromatic rings. The van der Waals surface area contributed by atoms with Crippen LogP contribution in [0.4, 0.5) is 5.69 Å². The minimum absolute atomic E-state index is 0.922. The molecule has 1 fully saturated rings. The quantitative estimate of drug-likeness (QED) is 0.913. The van der Waals surface area contributed by atoms with Gasteiger partial charge in [-0.2, -0.15) is 0 Å².